The molecule has 29 heavy (non-hydrogen) atoms. The summed E-state index contributed by atoms with van der Waals surface area (Å²) in [6.07, 6.45) is 0.628. The van der Waals surface area contributed by atoms with E-state index in [0.717, 1.165) is 11.1 Å². The summed E-state index contributed by atoms with van der Waals surface area (Å²) >= 11 is 5.92. The van der Waals surface area contributed by atoms with E-state index in [0.29, 0.717) is 29.5 Å². The number of carbonyl (C=O) groups is 1. The Bertz CT molecular complexity index is 975. The maximum Gasteiger partial charge on any atom is 0.227 e. The molecule has 0 bridgehead atoms. The molecule has 2 aromatic rings. The molecular formula is C21H24ClNO5S. The second-order valence-electron chi connectivity index (χ2n) is 7.07. The maximum absolute atomic E-state index is 13.1. The second-order valence-corrected chi connectivity index (χ2v) is 9.74. The number of sulfone groups is 1. The molecule has 0 N–H and O–H groups in total. The minimum atomic E-state index is -3.12. The van der Waals surface area contributed by atoms with E-state index in [2.05, 4.69) is 0 Å². The minimum absolute atomic E-state index is 0.00729. The molecule has 8 heteroatoms. The molecule has 0 saturated carbocycles. The number of amides is 1. The van der Waals surface area contributed by atoms with Crippen LogP contribution in [0.4, 0.5) is 0 Å². The van der Waals surface area contributed by atoms with Gasteiger partial charge in [-0.25, -0.2) is 8.42 Å². The lowest BCUT2D eigenvalue weighted by atomic mass is 10.1. The number of nitrogens with zero attached hydrogens (tertiary/aromatic N) is 1. The van der Waals surface area contributed by atoms with E-state index in [9.17, 15) is 13.2 Å². The van der Waals surface area contributed by atoms with E-state index in [1.54, 1.807) is 49.5 Å². The van der Waals surface area contributed by atoms with E-state index >= 15 is 0 Å². The third kappa shape index (κ3) is 5.42. The first-order chi connectivity index (χ1) is 13.8. The first-order valence-electron chi connectivity index (χ1n) is 9.26. The van der Waals surface area contributed by atoms with Gasteiger partial charge in [-0.05, 0) is 41.8 Å². The van der Waals surface area contributed by atoms with Crippen molar-refractivity contribution in [2.45, 2.75) is 25.4 Å². The Kier molecular flexibility index (Phi) is 6.70. The molecule has 1 saturated heterocycles. The average Bonchev–Trinajstić information content (AvgIpc) is 3.06. The van der Waals surface area contributed by atoms with Crippen LogP contribution < -0.4 is 9.47 Å². The zero-order chi connectivity index (χ0) is 21.0. The fourth-order valence-corrected chi connectivity index (χ4v) is 5.35. The molecule has 1 fully saturated rings. The Morgan fingerprint density at radius 3 is 2.31 bits per heavy atom. The predicted molar refractivity (Wildman–Crippen MR) is 112 cm³/mol. The molecular weight excluding hydrogens is 414 g/mol. The van der Waals surface area contributed by atoms with Gasteiger partial charge in [0.25, 0.3) is 0 Å². The molecule has 0 radical (unpaired) electrons. The number of rotatable bonds is 7. The Hall–Kier alpha value is -2.25. The molecule has 2 aromatic carbocycles. The standard InChI is InChI=1S/C21H24ClNO5S/c1-27-19-8-5-16(11-20(19)28-2)13-23(18-9-10-29(25,26)14-18)21(24)12-15-3-6-17(22)7-4-15/h3-8,11,18H,9-10,12-14H2,1-2H3. The zero-order valence-corrected chi connectivity index (χ0v) is 18.0. The number of methoxy groups -OCH3 is 2. The summed E-state index contributed by atoms with van der Waals surface area (Å²) in [5, 5.41) is 0.602. The van der Waals surface area contributed by atoms with Crippen molar-refractivity contribution >= 4 is 27.3 Å². The monoisotopic (exact) mass is 437 g/mol. The van der Waals surface area contributed by atoms with Crippen LogP contribution in [-0.2, 0) is 27.6 Å². The lowest BCUT2D eigenvalue weighted by molar-refractivity contribution is -0.133. The van der Waals surface area contributed by atoms with Crippen LogP contribution in [0.2, 0.25) is 5.02 Å². The van der Waals surface area contributed by atoms with Crippen molar-refractivity contribution in [3.05, 3.63) is 58.6 Å². The van der Waals surface area contributed by atoms with Gasteiger partial charge < -0.3 is 14.4 Å². The SMILES string of the molecule is COc1ccc(CN(C(=O)Cc2ccc(Cl)cc2)C2CCS(=O)(=O)C2)cc1OC. The largest absolute Gasteiger partial charge is 0.493 e. The normalized spacial score (nSPS) is 17.7. The molecule has 0 aromatic heterocycles. The first kappa shape index (κ1) is 21.5. The highest BCUT2D eigenvalue weighted by Crippen LogP contribution is 2.29. The molecule has 1 amide bonds. The van der Waals surface area contributed by atoms with Crippen molar-refractivity contribution < 1.29 is 22.7 Å². The van der Waals surface area contributed by atoms with Crippen LogP contribution in [0.25, 0.3) is 0 Å². The summed E-state index contributed by atoms with van der Waals surface area (Å²) in [7, 11) is -0.0157. The first-order valence-corrected chi connectivity index (χ1v) is 11.5. The van der Waals surface area contributed by atoms with Gasteiger partial charge in [0.2, 0.25) is 5.91 Å². The van der Waals surface area contributed by atoms with Gasteiger partial charge in [0.15, 0.2) is 21.3 Å². The van der Waals surface area contributed by atoms with Crippen molar-refractivity contribution in [1.29, 1.82) is 0 Å². The Morgan fingerprint density at radius 2 is 1.72 bits per heavy atom. The van der Waals surface area contributed by atoms with E-state index in [4.69, 9.17) is 21.1 Å². The lowest BCUT2D eigenvalue weighted by Gasteiger charge is -2.29. The van der Waals surface area contributed by atoms with Crippen LogP contribution in [0.15, 0.2) is 42.5 Å². The number of carbonyl (C=O) groups excluding carboxylic acids is 1. The van der Waals surface area contributed by atoms with Crippen LogP contribution in [0.3, 0.4) is 0 Å². The van der Waals surface area contributed by atoms with Crippen molar-refractivity contribution in [2.75, 3.05) is 25.7 Å². The molecule has 1 heterocycles. The minimum Gasteiger partial charge on any atom is -0.493 e. The average molecular weight is 438 g/mol. The Balaban J connectivity index is 1.85. The zero-order valence-electron chi connectivity index (χ0n) is 16.4. The molecule has 0 aliphatic carbocycles. The van der Waals surface area contributed by atoms with Gasteiger partial charge in [0, 0.05) is 17.6 Å². The topological polar surface area (TPSA) is 72.9 Å². The number of hydrogen-bond acceptors (Lipinski definition) is 5. The van der Waals surface area contributed by atoms with Crippen molar-refractivity contribution in [2.24, 2.45) is 0 Å². The third-order valence-corrected chi connectivity index (χ3v) is 7.04. The Morgan fingerprint density at radius 1 is 1.07 bits per heavy atom. The molecule has 6 nitrogen and oxygen atoms in total. The van der Waals surface area contributed by atoms with Crippen LogP contribution in [0.5, 0.6) is 11.5 Å². The second kappa shape index (κ2) is 9.05. The number of ether oxygens (including phenoxy) is 2. The smallest absolute Gasteiger partial charge is 0.227 e. The van der Waals surface area contributed by atoms with Crippen LogP contribution >= 0.6 is 11.6 Å². The van der Waals surface area contributed by atoms with E-state index in [-0.39, 0.29) is 29.9 Å². The van der Waals surface area contributed by atoms with Gasteiger partial charge in [-0.3, -0.25) is 4.79 Å². The maximum atomic E-state index is 13.1. The van der Waals surface area contributed by atoms with E-state index < -0.39 is 9.84 Å². The van der Waals surface area contributed by atoms with Gasteiger partial charge in [-0.15, -0.1) is 0 Å². The van der Waals surface area contributed by atoms with Crippen molar-refractivity contribution in [3.63, 3.8) is 0 Å². The van der Waals surface area contributed by atoms with Gasteiger partial charge in [0.1, 0.15) is 0 Å². The highest BCUT2D eigenvalue weighted by atomic mass is 35.5. The number of hydrogen-bond donors (Lipinski definition) is 0. The summed E-state index contributed by atoms with van der Waals surface area (Å²) in [5.74, 6) is 1.14. The van der Waals surface area contributed by atoms with Crippen molar-refractivity contribution in [1.82, 2.24) is 4.90 Å². The van der Waals surface area contributed by atoms with E-state index in [1.807, 2.05) is 12.1 Å². The molecule has 3 rings (SSSR count). The summed E-state index contributed by atoms with van der Waals surface area (Å²) in [6.45, 7) is 0.299. The van der Waals surface area contributed by atoms with Gasteiger partial charge in [0.05, 0.1) is 32.1 Å². The molecule has 1 aliphatic rings. The van der Waals surface area contributed by atoms with Gasteiger partial charge in [-0.2, -0.15) is 0 Å². The van der Waals surface area contributed by atoms with E-state index in [1.165, 1.54) is 0 Å². The number of benzene rings is 2. The van der Waals surface area contributed by atoms with Gasteiger partial charge in [-0.1, -0.05) is 29.8 Å². The molecule has 1 aliphatic heterocycles. The van der Waals surface area contributed by atoms with Gasteiger partial charge >= 0.3 is 0 Å². The highest BCUT2D eigenvalue weighted by Gasteiger charge is 2.34. The molecule has 0 spiro atoms. The fourth-order valence-electron chi connectivity index (χ4n) is 3.50. The predicted octanol–water partition coefficient (Wildman–Crippen LogP) is 3.12. The molecule has 1 atom stereocenters. The molecule has 156 valence electrons. The summed E-state index contributed by atoms with van der Waals surface area (Å²) in [4.78, 5) is 14.8. The summed E-state index contributed by atoms with van der Waals surface area (Å²) < 4.78 is 34.6. The number of halogens is 1. The Labute approximate surface area is 176 Å². The summed E-state index contributed by atoms with van der Waals surface area (Å²) in [6, 6.07) is 12.2. The lowest BCUT2D eigenvalue weighted by Crippen LogP contribution is -2.41. The quantitative estimate of drug-likeness (QED) is 0.665. The highest BCUT2D eigenvalue weighted by molar-refractivity contribution is 7.91. The van der Waals surface area contributed by atoms with Crippen LogP contribution in [0.1, 0.15) is 17.5 Å². The van der Waals surface area contributed by atoms with Crippen LogP contribution in [0, 0.1) is 0 Å². The molecule has 1 unspecified atom stereocenters. The summed E-state index contributed by atoms with van der Waals surface area (Å²) in [5.41, 5.74) is 1.67. The fraction of sp³-hybridized carbons (Fsp3) is 0.381. The third-order valence-electron chi connectivity index (χ3n) is 5.04. The van der Waals surface area contributed by atoms with Crippen LogP contribution in [-0.4, -0.2) is 51.0 Å². The van der Waals surface area contributed by atoms with Crippen molar-refractivity contribution in [3.8, 4) is 11.5 Å².